The van der Waals surface area contributed by atoms with Gasteiger partial charge in [0.05, 0.1) is 17.2 Å². The molecule has 0 spiro atoms. The van der Waals surface area contributed by atoms with Gasteiger partial charge in [-0.15, -0.1) is 0 Å². The summed E-state index contributed by atoms with van der Waals surface area (Å²) in [4.78, 5) is 23.9. The SMILES string of the molecule is CCOC/C(C(=O)NC)=C(\Cl)C(=N)C(=O)Nc1nnnn1CC. The van der Waals surface area contributed by atoms with Crippen molar-refractivity contribution in [3.63, 3.8) is 0 Å². The van der Waals surface area contributed by atoms with Gasteiger partial charge in [0.1, 0.15) is 5.71 Å². The van der Waals surface area contributed by atoms with Crippen LogP contribution in [0.25, 0.3) is 0 Å². The first-order valence-corrected chi connectivity index (χ1v) is 7.18. The fourth-order valence-electron chi connectivity index (χ4n) is 1.51. The maximum absolute atomic E-state index is 12.1. The maximum Gasteiger partial charge on any atom is 0.277 e. The lowest BCUT2D eigenvalue weighted by Crippen LogP contribution is -2.29. The molecule has 0 aliphatic rings. The van der Waals surface area contributed by atoms with Crippen LogP contribution in [0.2, 0.25) is 0 Å². The molecule has 0 radical (unpaired) electrons. The van der Waals surface area contributed by atoms with Crippen LogP contribution in [-0.2, 0) is 20.9 Å². The fourth-order valence-corrected chi connectivity index (χ4v) is 1.73. The van der Waals surface area contributed by atoms with Crippen molar-refractivity contribution in [2.75, 3.05) is 25.6 Å². The van der Waals surface area contributed by atoms with Gasteiger partial charge in [-0.1, -0.05) is 16.7 Å². The predicted octanol–water partition coefficient (Wildman–Crippen LogP) is -0.0733. The van der Waals surface area contributed by atoms with E-state index in [1.165, 1.54) is 11.7 Å². The highest BCUT2D eigenvalue weighted by Crippen LogP contribution is 2.14. The van der Waals surface area contributed by atoms with E-state index in [0.29, 0.717) is 13.2 Å². The molecule has 0 bridgehead atoms. The fraction of sp³-hybridized carbons (Fsp3) is 0.500. The van der Waals surface area contributed by atoms with Gasteiger partial charge in [0.25, 0.3) is 11.8 Å². The van der Waals surface area contributed by atoms with E-state index >= 15 is 0 Å². The molecule has 126 valence electrons. The van der Waals surface area contributed by atoms with Gasteiger partial charge in [-0.3, -0.25) is 20.3 Å². The lowest BCUT2D eigenvalue weighted by atomic mass is 10.2. The smallest absolute Gasteiger partial charge is 0.277 e. The highest BCUT2D eigenvalue weighted by Gasteiger charge is 2.22. The summed E-state index contributed by atoms with van der Waals surface area (Å²) in [7, 11) is 1.41. The number of hydrogen-bond donors (Lipinski definition) is 3. The minimum atomic E-state index is -0.836. The standard InChI is InChI=1S/C12H18ClN7O3/c1-4-20-12(17-18-19-20)16-11(22)9(14)8(13)7(6-23-5-2)10(21)15-3/h14H,4-6H2,1-3H3,(H,15,21)(H,16,17,19,22)/b8-7+,14-9?. The van der Waals surface area contributed by atoms with Crippen molar-refractivity contribution in [2.45, 2.75) is 20.4 Å². The Morgan fingerprint density at radius 3 is 2.61 bits per heavy atom. The molecule has 1 rings (SSSR count). The van der Waals surface area contributed by atoms with Gasteiger partial charge in [0, 0.05) is 20.2 Å². The molecule has 0 saturated carbocycles. The van der Waals surface area contributed by atoms with Gasteiger partial charge < -0.3 is 10.1 Å². The molecule has 11 heteroatoms. The number of likely N-dealkylation sites (N-methyl/N-ethyl adjacent to an activating group) is 1. The lowest BCUT2D eigenvalue weighted by molar-refractivity contribution is -0.117. The number of nitrogens with one attached hydrogen (secondary N) is 3. The molecular formula is C12H18ClN7O3. The van der Waals surface area contributed by atoms with Crippen LogP contribution in [-0.4, -0.2) is 58.0 Å². The number of nitrogens with zero attached hydrogens (tertiary/aromatic N) is 4. The molecule has 1 aromatic rings. The van der Waals surface area contributed by atoms with Gasteiger partial charge in [-0.25, -0.2) is 4.68 Å². The lowest BCUT2D eigenvalue weighted by Gasteiger charge is -2.10. The van der Waals surface area contributed by atoms with Gasteiger partial charge in [0.15, 0.2) is 0 Å². The number of anilines is 1. The second-order valence-corrected chi connectivity index (χ2v) is 4.53. The number of aromatic nitrogens is 4. The summed E-state index contributed by atoms with van der Waals surface area (Å²) in [6.45, 7) is 4.22. The third-order valence-corrected chi connectivity index (χ3v) is 3.14. The Kier molecular flexibility index (Phi) is 7.29. The minimum absolute atomic E-state index is 0.00810. The quantitative estimate of drug-likeness (QED) is 0.446. The zero-order chi connectivity index (χ0) is 17.4. The van der Waals surface area contributed by atoms with Crippen LogP contribution in [0.5, 0.6) is 0 Å². The highest BCUT2D eigenvalue weighted by atomic mass is 35.5. The van der Waals surface area contributed by atoms with E-state index in [2.05, 4.69) is 26.2 Å². The summed E-state index contributed by atoms with van der Waals surface area (Å²) in [6, 6.07) is 0. The van der Waals surface area contributed by atoms with E-state index in [1.54, 1.807) is 13.8 Å². The number of tetrazole rings is 1. The van der Waals surface area contributed by atoms with Crippen LogP contribution in [0.15, 0.2) is 10.6 Å². The number of hydrogen-bond acceptors (Lipinski definition) is 7. The molecule has 0 unspecified atom stereocenters. The molecule has 0 saturated heterocycles. The van der Waals surface area contributed by atoms with E-state index in [4.69, 9.17) is 21.7 Å². The van der Waals surface area contributed by atoms with E-state index in [9.17, 15) is 9.59 Å². The third-order valence-electron chi connectivity index (χ3n) is 2.72. The summed E-state index contributed by atoms with van der Waals surface area (Å²) in [5.41, 5.74) is -0.595. The first-order chi connectivity index (χ1) is 11.0. The maximum atomic E-state index is 12.1. The average molecular weight is 344 g/mol. The molecule has 1 aromatic heterocycles. The van der Waals surface area contributed by atoms with Crippen molar-refractivity contribution in [2.24, 2.45) is 0 Å². The molecule has 10 nitrogen and oxygen atoms in total. The van der Waals surface area contributed by atoms with Crippen molar-refractivity contribution in [1.82, 2.24) is 25.5 Å². The molecule has 0 aromatic carbocycles. The number of rotatable bonds is 8. The van der Waals surface area contributed by atoms with Crippen LogP contribution >= 0.6 is 11.6 Å². The Morgan fingerprint density at radius 2 is 2.04 bits per heavy atom. The summed E-state index contributed by atoms with van der Waals surface area (Å²) < 4.78 is 6.48. The van der Waals surface area contributed by atoms with Crippen LogP contribution in [0.4, 0.5) is 5.95 Å². The van der Waals surface area contributed by atoms with Crippen molar-refractivity contribution in [3.8, 4) is 0 Å². The monoisotopic (exact) mass is 343 g/mol. The Balaban J connectivity index is 2.96. The molecule has 3 N–H and O–H groups in total. The Bertz CT molecular complexity index is 626. The molecule has 0 aliphatic carbocycles. The average Bonchev–Trinajstić information content (AvgIpc) is 3.00. The number of carbonyl (C=O) groups excluding carboxylic acids is 2. The minimum Gasteiger partial charge on any atom is -0.377 e. The second-order valence-electron chi connectivity index (χ2n) is 4.16. The zero-order valence-corrected chi connectivity index (χ0v) is 13.8. The normalized spacial score (nSPS) is 11.7. The summed E-state index contributed by atoms with van der Waals surface area (Å²) in [5.74, 6) is -1.28. The van der Waals surface area contributed by atoms with E-state index in [1.807, 2.05) is 0 Å². The first-order valence-electron chi connectivity index (χ1n) is 6.81. The van der Waals surface area contributed by atoms with Crippen molar-refractivity contribution in [3.05, 3.63) is 10.6 Å². The van der Waals surface area contributed by atoms with E-state index < -0.39 is 17.5 Å². The number of aryl methyl sites for hydroxylation is 1. The number of halogens is 1. The molecule has 1 heterocycles. The molecule has 0 atom stereocenters. The second kappa shape index (κ2) is 8.96. The topological polar surface area (TPSA) is 135 Å². The van der Waals surface area contributed by atoms with E-state index in [0.717, 1.165) is 0 Å². The van der Waals surface area contributed by atoms with Crippen LogP contribution in [0, 0.1) is 5.41 Å². The zero-order valence-electron chi connectivity index (χ0n) is 13.0. The van der Waals surface area contributed by atoms with Crippen molar-refractivity contribution >= 4 is 35.1 Å². The summed E-state index contributed by atoms with van der Waals surface area (Å²) in [6.07, 6.45) is 0. The molecule has 23 heavy (non-hydrogen) atoms. The third kappa shape index (κ3) is 4.83. The van der Waals surface area contributed by atoms with Gasteiger partial charge in [0.2, 0.25) is 5.95 Å². The van der Waals surface area contributed by atoms with Crippen LogP contribution in [0.1, 0.15) is 13.8 Å². The molecule has 2 amide bonds. The molecular weight excluding hydrogens is 326 g/mol. The Hall–Kier alpha value is -2.33. The largest absolute Gasteiger partial charge is 0.377 e. The summed E-state index contributed by atoms with van der Waals surface area (Å²) >= 11 is 6.01. The Morgan fingerprint density at radius 1 is 1.35 bits per heavy atom. The highest BCUT2D eigenvalue weighted by molar-refractivity contribution is 6.61. The van der Waals surface area contributed by atoms with Gasteiger partial charge in [-0.2, -0.15) is 0 Å². The number of amides is 2. The molecule has 0 aliphatic heterocycles. The Labute approximate surface area is 137 Å². The van der Waals surface area contributed by atoms with Gasteiger partial charge in [-0.05, 0) is 24.3 Å². The van der Waals surface area contributed by atoms with Gasteiger partial charge >= 0.3 is 0 Å². The van der Waals surface area contributed by atoms with Crippen molar-refractivity contribution < 1.29 is 14.3 Å². The van der Waals surface area contributed by atoms with Crippen molar-refractivity contribution in [1.29, 1.82) is 5.41 Å². The number of carbonyl (C=O) groups is 2. The predicted molar refractivity (Wildman–Crippen MR) is 83.3 cm³/mol. The van der Waals surface area contributed by atoms with Crippen LogP contribution < -0.4 is 10.6 Å². The van der Waals surface area contributed by atoms with Crippen LogP contribution in [0.3, 0.4) is 0 Å². The number of ether oxygens (including phenoxy) is 1. The van der Waals surface area contributed by atoms with E-state index in [-0.39, 0.29) is 23.2 Å². The first kappa shape index (κ1) is 18.7. The molecule has 0 fully saturated rings. The summed E-state index contributed by atoms with van der Waals surface area (Å²) in [5, 5.41) is 23.0.